The third-order valence-corrected chi connectivity index (χ3v) is 4.91. The Hall–Kier alpha value is -2.72. The maximum atomic E-state index is 13.7. The number of carbonyl (C=O) groups is 2. The summed E-state index contributed by atoms with van der Waals surface area (Å²) >= 11 is 0. The number of amides is 1. The molecule has 2 unspecified atom stereocenters. The van der Waals surface area contributed by atoms with Crippen LogP contribution in [0.2, 0.25) is 0 Å². The van der Waals surface area contributed by atoms with Gasteiger partial charge in [0.1, 0.15) is 11.6 Å². The highest BCUT2D eigenvalue weighted by Gasteiger charge is 2.36. The Bertz CT molecular complexity index is 814. The van der Waals surface area contributed by atoms with Gasteiger partial charge in [-0.2, -0.15) is 5.26 Å². The molecule has 2 aliphatic heterocycles. The van der Waals surface area contributed by atoms with Gasteiger partial charge in [0.05, 0.1) is 24.1 Å². The summed E-state index contributed by atoms with van der Waals surface area (Å²) in [6, 6.07) is 5.86. The van der Waals surface area contributed by atoms with E-state index in [2.05, 4.69) is 0 Å². The number of hydrogen-bond donors (Lipinski definition) is 1. The van der Waals surface area contributed by atoms with Gasteiger partial charge in [-0.25, -0.2) is 4.39 Å². The second-order valence-electron chi connectivity index (χ2n) is 6.81. The Balaban J connectivity index is 1.97. The average molecular weight is 356 g/mol. The number of carbonyl (C=O) groups excluding carboxylic acids is 2. The van der Waals surface area contributed by atoms with Crippen molar-refractivity contribution in [2.24, 2.45) is 11.7 Å². The molecule has 1 saturated heterocycles. The maximum Gasteiger partial charge on any atom is 0.239 e. The van der Waals surface area contributed by atoms with Gasteiger partial charge in [-0.15, -0.1) is 0 Å². The van der Waals surface area contributed by atoms with Gasteiger partial charge in [0.25, 0.3) is 0 Å². The van der Waals surface area contributed by atoms with Gasteiger partial charge in [-0.3, -0.25) is 14.5 Å². The van der Waals surface area contributed by atoms with Crippen LogP contribution >= 0.6 is 0 Å². The molecule has 0 spiro atoms. The number of allylic oxidation sites excluding steroid dienone is 1. The zero-order valence-corrected chi connectivity index (χ0v) is 14.6. The first-order chi connectivity index (χ1) is 12.4. The fourth-order valence-corrected chi connectivity index (χ4v) is 3.41. The van der Waals surface area contributed by atoms with E-state index in [9.17, 15) is 19.2 Å². The molecular weight excluding hydrogens is 335 g/mol. The van der Waals surface area contributed by atoms with Crippen molar-refractivity contribution >= 4 is 11.7 Å². The van der Waals surface area contributed by atoms with Crippen molar-refractivity contribution in [3.05, 3.63) is 47.0 Å². The molecule has 0 saturated carbocycles. The van der Waals surface area contributed by atoms with E-state index in [-0.39, 0.29) is 24.3 Å². The second kappa shape index (κ2) is 7.26. The highest BCUT2D eigenvalue weighted by Crippen LogP contribution is 2.27. The van der Waals surface area contributed by atoms with E-state index in [4.69, 9.17) is 5.73 Å². The summed E-state index contributed by atoms with van der Waals surface area (Å²) in [5, 5.41) is 9.28. The van der Waals surface area contributed by atoms with Crippen LogP contribution in [0.3, 0.4) is 0 Å². The highest BCUT2D eigenvalue weighted by molar-refractivity contribution is 6.09. The summed E-state index contributed by atoms with van der Waals surface area (Å²) in [7, 11) is 0. The predicted octanol–water partition coefficient (Wildman–Crippen LogP) is 1.51. The van der Waals surface area contributed by atoms with Crippen molar-refractivity contribution in [1.82, 2.24) is 9.80 Å². The number of likely N-dealkylation sites (tertiary alicyclic amines) is 1. The Morgan fingerprint density at radius 1 is 1.38 bits per heavy atom. The van der Waals surface area contributed by atoms with Crippen LogP contribution in [0.5, 0.6) is 0 Å². The van der Waals surface area contributed by atoms with Crippen LogP contribution in [0.4, 0.5) is 4.39 Å². The third kappa shape index (κ3) is 3.46. The number of nitriles is 1. The topological polar surface area (TPSA) is 90.4 Å². The standard InChI is InChI=1S/C19H21FN4O2/c1-12-17(25)8-18(23-6-2-3-16(22)11-23)24(19(12)26)10-14-7-15(20)5-4-13(14)9-21/h4-5,7-8,12,16H,2-3,6,10-11,22H2,1H3. The van der Waals surface area contributed by atoms with Crippen molar-refractivity contribution in [2.75, 3.05) is 13.1 Å². The van der Waals surface area contributed by atoms with Gasteiger partial charge >= 0.3 is 0 Å². The summed E-state index contributed by atoms with van der Waals surface area (Å²) < 4.78 is 13.7. The van der Waals surface area contributed by atoms with Gasteiger partial charge < -0.3 is 10.6 Å². The molecule has 0 aliphatic carbocycles. The molecule has 1 aromatic carbocycles. The number of ketones is 1. The fourth-order valence-electron chi connectivity index (χ4n) is 3.41. The lowest BCUT2D eigenvalue weighted by Crippen LogP contribution is -2.51. The molecule has 1 amide bonds. The Morgan fingerprint density at radius 3 is 2.85 bits per heavy atom. The Kier molecular flexibility index (Phi) is 5.05. The lowest BCUT2D eigenvalue weighted by molar-refractivity contribution is -0.141. The van der Waals surface area contributed by atoms with Gasteiger partial charge in [0.2, 0.25) is 5.91 Å². The van der Waals surface area contributed by atoms with Gasteiger partial charge in [-0.05, 0) is 43.5 Å². The molecule has 26 heavy (non-hydrogen) atoms. The summed E-state index contributed by atoms with van der Waals surface area (Å²) in [4.78, 5) is 28.4. The number of rotatable bonds is 3. The third-order valence-electron chi connectivity index (χ3n) is 4.91. The summed E-state index contributed by atoms with van der Waals surface area (Å²) in [5.41, 5.74) is 6.76. The molecule has 3 rings (SSSR count). The molecule has 6 nitrogen and oxygen atoms in total. The Labute approximate surface area is 151 Å². The summed E-state index contributed by atoms with van der Waals surface area (Å²) in [5.74, 6) is -1.38. The molecule has 1 aromatic rings. The summed E-state index contributed by atoms with van der Waals surface area (Å²) in [6.45, 7) is 2.84. The van der Waals surface area contributed by atoms with E-state index in [0.717, 1.165) is 12.8 Å². The molecule has 2 heterocycles. The molecule has 1 fully saturated rings. The molecular formula is C19H21FN4O2. The normalized spacial score (nSPS) is 23.7. The average Bonchev–Trinajstić information content (AvgIpc) is 2.62. The molecule has 2 aliphatic rings. The first kappa shape index (κ1) is 18.1. The maximum absolute atomic E-state index is 13.7. The predicted molar refractivity (Wildman–Crippen MR) is 92.7 cm³/mol. The number of benzene rings is 1. The molecule has 2 atom stereocenters. The van der Waals surface area contributed by atoms with Crippen LogP contribution in [-0.2, 0) is 16.1 Å². The molecule has 2 N–H and O–H groups in total. The highest BCUT2D eigenvalue weighted by atomic mass is 19.1. The minimum absolute atomic E-state index is 0.0279. The van der Waals surface area contributed by atoms with Crippen LogP contribution < -0.4 is 5.73 Å². The van der Waals surface area contributed by atoms with E-state index < -0.39 is 11.7 Å². The van der Waals surface area contributed by atoms with Crippen LogP contribution in [0.25, 0.3) is 0 Å². The smallest absolute Gasteiger partial charge is 0.239 e. The van der Waals surface area contributed by atoms with E-state index in [1.807, 2.05) is 11.0 Å². The Morgan fingerprint density at radius 2 is 2.15 bits per heavy atom. The molecule has 0 radical (unpaired) electrons. The molecule has 0 aromatic heterocycles. The van der Waals surface area contributed by atoms with Crippen LogP contribution in [0.15, 0.2) is 30.1 Å². The van der Waals surface area contributed by atoms with Crippen molar-refractivity contribution < 1.29 is 14.0 Å². The van der Waals surface area contributed by atoms with Crippen molar-refractivity contribution in [3.63, 3.8) is 0 Å². The van der Waals surface area contributed by atoms with E-state index >= 15 is 0 Å². The lowest BCUT2D eigenvalue weighted by atomic mass is 9.98. The largest absolute Gasteiger partial charge is 0.356 e. The number of nitrogens with two attached hydrogens (primary N) is 1. The number of nitrogens with zero attached hydrogens (tertiary/aromatic N) is 3. The van der Waals surface area contributed by atoms with Gasteiger partial charge in [-0.1, -0.05) is 0 Å². The first-order valence-corrected chi connectivity index (χ1v) is 8.66. The minimum atomic E-state index is -0.795. The van der Waals surface area contributed by atoms with Crippen molar-refractivity contribution in [1.29, 1.82) is 5.26 Å². The van der Waals surface area contributed by atoms with Crippen molar-refractivity contribution in [2.45, 2.75) is 32.4 Å². The van der Waals surface area contributed by atoms with Crippen LogP contribution in [0.1, 0.15) is 30.9 Å². The van der Waals surface area contributed by atoms with Crippen LogP contribution in [0, 0.1) is 23.1 Å². The quantitative estimate of drug-likeness (QED) is 0.829. The zero-order chi connectivity index (χ0) is 18.8. The van der Waals surface area contributed by atoms with E-state index in [1.165, 1.54) is 29.2 Å². The molecule has 136 valence electrons. The first-order valence-electron chi connectivity index (χ1n) is 8.66. The van der Waals surface area contributed by atoms with E-state index in [1.54, 1.807) is 6.92 Å². The fraction of sp³-hybridized carbons (Fsp3) is 0.421. The minimum Gasteiger partial charge on any atom is -0.356 e. The number of hydrogen-bond acceptors (Lipinski definition) is 5. The zero-order valence-electron chi connectivity index (χ0n) is 14.6. The molecule has 7 heteroatoms. The summed E-state index contributed by atoms with van der Waals surface area (Å²) in [6.07, 6.45) is 3.23. The SMILES string of the molecule is CC1C(=O)C=C(N2CCCC(N)C2)N(Cc2cc(F)ccc2C#N)C1=O. The number of halogens is 1. The van der Waals surface area contributed by atoms with Gasteiger partial charge in [0, 0.05) is 25.2 Å². The monoisotopic (exact) mass is 356 g/mol. The lowest BCUT2D eigenvalue weighted by Gasteiger charge is -2.41. The second-order valence-corrected chi connectivity index (χ2v) is 6.81. The van der Waals surface area contributed by atoms with Crippen molar-refractivity contribution in [3.8, 4) is 6.07 Å². The van der Waals surface area contributed by atoms with Crippen LogP contribution in [-0.4, -0.2) is 40.6 Å². The number of piperidine rings is 1. The molecule has 0 bridgehead atoms. The van der Waals surface area contributed by atoms with E-state index in [0.29, 0.717) is 30.0 Å². The van der Waals surface area contributed by atoms with Gasteiger partial charge in [0.15, 0.2) is 5.78 Å².